The van der Waals surface area contributed by atoms with E-state index in [1.54, 1.807) is 0 Å². The van der Waals surface area contributed by atoms with Crippen LogP contribution in [0.5, 0.6) is 5.75 Å². The summed E-state index contributed by atoms with van der Waals surface area (Å²) in [6.07, 6.45) is 7.97. The Bertz CT molecular complexity index is 503. The number of ether oxygens (including phenoxy) is 1. The first-order valence-corrected chi connectivity index (χ1v) is 9.36. The first-order valence-electron chi connectivity index (χ1n) is 9.36. The second kappa shape index (κ2) is 10.3. The van der Waals surface area contributed by atoms with E-state index in [2.05, 4.69) is 24.0 Å². The number of piperidine rings is 1. The molecule has 1 atom stereocenters. The van der Waals surface area contributed by atoms with Gasteiger partial charge in [-0.1, -0.05) is 44.7 Å². The molecule has 1 heterocycles. The summed E-state index contributed by atoms with van der Waals surface area (Å²) in [5.41, 5.74) is 1.20. The number of rotatable bonds is 10. The molecule has 1 saturated heterocycles. The van der Waals surface area contributed by atoms with Crippen LogP contribution in [0.3, 0.4) is 0 Å². The van der Waals surface area contributed by atoms with Crippen molar-refractivity contribution in [3.8, 4) is 5.75 Å². The maximum atomic E-state index is 11.2. The summed E-state index contributed by atoms with van der Waals surface area (Å²) in [5, 5.41) is 9.19. The van der Waals surface area contributed by atoms with E-state index in [0.29, 0.717) is 6.54 Å². The molecule has 1 unspecified atom stereocenters. The summed E-state index contributed by atoms with van der Waals surface area (Å²) >= 11 is 0. The van der Waals surface area contributed by atoms with Gasteiger partial charge in [0.15, 0.2) is 0 Å². The van der Waals surface area contributed by atoms with E-state index >= 15 is 0 Å². The van der Waals surface area contributed by atoms with Gasteiger partial charge in [-0.25, -0.2) is 0 Å². The third-order valence-corrected chi connectivity index (χ3v) is 4.68. The highest BCUT2D eigenvalue weighted by molar-refractivity contribution is 5.70. The fraction of sp³-hybridized carbons (Fsp3) is 0.650. The molecule has 0 spiro atoms. The summed E-state index contributed by atoms with van der Waals surface area (Å²) in [6.45, 7) is 5.43. The van der Waals surface area contributed by atoms with Crippen LogP contribution in [0.2, 0.25) is 0 Å². The molecule has 1 N–H and O–H groups in total. The van der Waals surface area contributed by atoms with E-state index in [1.165, 1.54) is 31.2 Å². The van der Waals surface area contributed by atoms with Crippen molar-refractivity contribution in [3.05, 3.63) is 29.8 Å². The molecular formula is C20H31NO3. The number of carbonyl (C=O) groups is 1. The molecular weight excluding hydrogens is 302 g/mol. The number of aliphatic carboxylic acids is 1. The van der Waals surface area contributed by atoms with Crippen LogP contribution < -0.4 is 4.74 Å². The highest BCUT2D eigenvalue weighted by Gasteiger charge is 2.25. The minimum atomic E-state index is -0.667. The highest BCUT2D eigenvalue weighted by Crippen LogP contribution is 2.21. The molecule has 0 saturated carbocycles. The van der Waals surface area contributed by atoms with Gasteiger partial charge in [-0.3, -0.25) is 9.69 Å². The van der Waals surface area contributed by atoms with Crippen LogP contribution in [0.1, 0.15) is 57.4 Å². The first kappa shape index (κ1) is 18.8. The van der Waals surface area contributed by atoms with Crippen molar-refractivity contribution in [1.82, 2.24) is 4.90 Å². The summed E-state index contributed by atoms with van der Waals surface area (Å²) < 4.78 is 5.86. The monoisotopic (exact) mass is 333 g/mol. The molecule has 4 heteroatoms. The molecule has 1 aliphatic rings. The van der Waals surface area contributed by atoms with Crippen LogP contribution in [-0.2, 0) is 11.3 Å². The Labute approximate surface area is 145 Å². The SMILES string of the molecule is CCCCCCCOc1cccc(CN2CCCC(C(=O)O)C2)c1. The van der Waals surface area contributed by atoms with Crippen LogP contribution >= 0.6 is 0 Å². The summed E-state index contributed by atoms with van der Waals surface area (Å²) in [4.78, 5) is 13.4. The summed E-state index contributed by atoms with van der Waals surface area (Å²) in [5.74, 6) is 0.0379. The fourth-order valence-corrected chi connectivity index (χ4v) is 3.29. The maximum Gasteiger partial charge on any atom is 0.307 e. The molecule has 0 radical (unpaired) electrons. The van der Waals surface area contributed by atoms with Crippen molar-refractivity contribution in [1.29, 1.82) is 0 Å². The van der Waals surface area contributed by atoms with E-state index in [1.807, 2.05) is 12.1 Å². The van der Waals surface area contributed by atoms with Crippen molar-refractivity contribution in [2.45, 2.75) is 58.4 Å². The summed E-state index contributed by atoms with van der Waals surface area (Å²) in [6, 6.07) is 8.22. The smallest absolute Gasteiger partial charge is 0.307 e. The number of benzene rings is 1. The Balaban J connectivity index is 1.76. The Hall–Kier alpha value is -1.55. The molecule has 0 aliphatic carbocycles. The minimum absolute atomic E-state index is 0.221. The van der Waals surface area contributed by atoms with Gasteiger partial charge in [0.05, 0.1) is 12.5 Å². The van der Waals surface area contributed by atoms with Gasteiger partial charge in [-0.2, -0.15) is 0 Å². The molecule has 1 fully saturated rings. The van der Waals surface area contributed by atoms with Crippen molar-refractivity contribution in [3.63, 3.8) is 0 Å². The first-order chi connectivity index (χ1) is 11.7. The topological polar surface area (TPSA) is 49.8 Å². The third kappa shape index (κ3) is 6.52. The van der Waals surface area contributed by atoms with Crippen LogP contribution in [0.25, 0.3) is 0 Å². The molecule has 1 aromatic carbocycles. The number of nitrogens with zero attached hydrogens (tertiary/aromatic N) is 1. The summed E-state index contributed by atoms with van der Waals surface area (Å²) in [7, 11) is 0. The van der Waals surface area contributed by atoms with Gasteiger partial charge >= 0.3 is 5.97 Å². The van der Waals surface area contributed by atoms with Crippen LogP contribution in [0.15, 0.2) is 24.3 Å². The lowest BCUT2D eigenvalue weighted by Gasteiger charge is -2.30. The number of carboxylic acid groups (broad SMARTS) is 1. The second-order valence-electron chi connectivity index (χ2n) is 6.82. The van der Waals surface area contributed by atoms with Gasteiger partial charge in [-0.05, 0) is 43.5 Å². The minimum Gasteiger partial charge on any atom is -0.494 e. The van der Waals surface area contributed by atoms with Crippen molar-refractivity contribution < 1.29 is 14.6 Å². The standard InChI is InChI=1S/C20H31NO3/c1-2-3-4-5-6-13-24-19-11-7-9-17(14-19)15-21-12-8-10-18(16-21)20(22)23/h7,9,11,14,18H,2-6,8,10,12-13,15-16H2,1H3,(H,22,23). The average Bonchev–Trinajstić information content (AvgIpc) is 2.58. The van der Waals surface area contributed by atoms with Gasteiger partial charge in [0, 0.05) is 13.1 Å². The van der Waals surface area contributed by atoms with Gasteiger partial charge in [0.2, 0.25) is 0 Å². The van der Waals surface area contributed by atoms with Crippen LogP contribution in [0, 0.1) is 5.92 Å². The predicted octanol–water partition coefficient (Wildman–Crippen LogP) is 4.33. The lowest BCUT2D eigenvalue weighted by atomic mass is 9.98. The lowest BCUT2D eigenvalue weighted by molar-refractivity contribution is -0.143. The second-order valence-corrected chi connectivity index (χ2v) is 6.82. The number of hydrogen-bond acceptors (Lipinski definition) is 3. The van der Waals surface area contributed by atoms with E-state index in [4.69, 9.17) is 4.74 Å². The van der Waals surface area contributed by atoms with E-state index < -0.39 is 5.97 Å². The Morgan fingerprint density at radius 2 is 2.12 bits per heavy atom. The molecule has 134 valence electrons. The van der Waals surface area contributed by atoms with Crippen molar-refractivity contribution in [2.24, 2.45) is 5.92 Å². The van der Waals surface area contributed by atoms with Gasteiger partial charge in [0.25, 0.3) is 0 Å². The van der Waals surface area contributed by atoms with Crippen molar-refractivity contribution in [2.75, 3.05) is 19.7 Å². The Morgan fingerprint density at radius 1 is 1.29 bits per heavy atom. The quantitative estimate of drug-likeness (QED) is 0.647. The predicted molar refractivity (Wildman–Crippen MR) is 96.3 cm³/mol. The third-order valence-electron chi connectivity index (χ3n) is 4.68. The lowest BCUT2D eigenvalue weighted by Crippen LogP contribution is -2.38. The molecule has 0 bridgehead atoms. The molecule has 4 nitrogen and oxygen atoms in total. The fourth-order valence-electron chi connectivity index (χ4n) is 3.29. The molecule has 1 aliphatic heterocycles. The zero-order chi connectivity index (χ0) is 17.2. The van der Waals surface area contributed by atoms with Gasteiger partial charge in [-0.15, -0.1) is 0 Å². The van der Waals surface area contributed by atoms with Crippen LogP contribution in [-0.4, -0.2) is 35.7 Å². The van der Waals surface area contributed by atoms with Gasteiger partial charge < -0.3 is 9.84 Å². The zero-order valence-electron chi connectivity index (χ0n) is 14.9. The van der Waals surface area contributed by atoms with E-state index in [0.717, 1.165) is 44.7 Å². The van der Waals surface area contributed by atoms with Crippen LogP contribution in [0.4, 0.5) is 0 Å². The highest BCUT2D eigenvalue weighted by atomic mass is 16.5. The number of unbranched alkanes of at least 4 members (excludes halogenated alkanes) is 4. The molecule has 0 aromatic heterocycles. The molecule has 1 aromatic rings. The molecule has 2 rings (SSSR count). The Morgan fingerprint density at radius 3 is 2.92 bits per heavy atom. The van der Waals surface area contributed by atoms with Gasteiger partial charge in [0.1, 0.15) is 5.75 Å². The van der Waals surface area contributed by atoms with E-state index in [9.17, 15) is 9.90 Å². The number of likely N-dealkylation sites (tertiary alicyclic amines) is 1. The normalized spacial score (nSPS) is 18.5. The average molecular weight is 333 g/mol. The largest absolute Gasteiger partial charge is 0.494 e. The number of carboxylic acids is 1. The van der Waals surface area contributed by atoms with E-state index in [-0.39, 0.29) is 5.92 Å². The molecule has 24 heavy (non-hydrogen) atoms. The zero-order valence-corrected chi connectivity index (χ0v) is 14.9. The number of hydrogen-bond donors (Lipinski definition) is 1. The van der Waals surface area contributed by atoms with Crippen molar-refractivity contribution >= 4 is 5.97 Å². The molecule has 0 amide bonds. The Kier molecular flexibility index (Phi) is 8.10. The maximum absolute atomic E-state index is 11.2.